The van der Waals surface area contributed by atoms with Gasteiger partial charge in [-0.15, -0.1) is 13.2 Å². The number of aromatic carboxylic acids is 1. The Morgan fingerprint density at radius 1 is 1.44 bits per heavy atom. The molecule has 0 radical (unpaired) electrons. The Bertz CT molecular complexity index is 433. The molecule has 1 aromatic rings. The fourth-order valence-corrected chi connectivity index (χ4v) is 1.23. The van der Waals surface area contributed by atoms with E-state index in [4.69, 9.17) is 22.4 Å². The van der Waals surface area contributed by atoms with E-state index in [1.165, 1.54) is 0 Å². The predicted molar refractivity (Wildman–Crippen MR) is 49.5 cm³/mol. The zero-order valence-electron chi connectivity index (χ0n) is 7.51. The first kappa shape index (κ1) is 12.4. The third-order valence-electron chi connectivity index (χ3n) is 1.53. The minimum Gasteiger partial charge on any atom is -0.478 e. The molecule has 16 heavy (non-hydrogen) atoms. The van der Waals surface area contributed by atoms with Gasteiger partial charge in [0.1, 0.15) is 5.56 Å². The van der Waals surface area contributed by atoms with Gasteiger partial charge in [0.25, 0.3) is 0 Å². The van der Waals surface area contributed by atoms with Crippen molar-refractivity contribution in [3.63, 3.8) is 0 Å². The van der Waals surface area contributed by atoms with Crippen molar-refractivity contribution in [2.45, 2.75) is 6.36 Å². The number of ether oxygens (including phenoxy) is 1. The fraction of sp³-hybridized carbons (Fsp3) is 0.125. The Hall–Kier alpha value is -1.63. The largest absolute Gasteiger partial charge is 0.573 e. The summed E-state index contributed by atoms with van der Waals surface area (Å²) in [6.07, 6.45) is -5.02. The molecule has 1 rings (SSSR count). The maximum atomic E-state index is 12.0. The highest BCUT2D eigenvalue weighted by molar-refractivity contribution is 6.31. The average Bonchev–Trinajstić information content (AvgIpc) is 2.07. The van der Waals surface area contributed by atoms with Gasteiger partial charge in [0.05, 0.1) is 5.69 Å². The van der Waals surface area contributed by atoms with Crippen LogP contribution in [0.25, 0.3) is 0 Å². The van der Waals surface area contributed by atoms with Gasteiger partial charge in [-0.05, 0) is 12.1 Å². The number of alkyl halides is 3. The Balaban J connectivity index is 3.30. The number of nitrogen functional groups attached to an aromatic ring is 1. The van der Waals surface area contributed by atoms with Gasteiger partial charge >= 0.3 is 12.3 Å². The van der Waals surface area contributed by atoms with Gasteiger partial charge in [-0.25, -0.2) is 4.79 Å². The average molecular weight is 256 g/mol. The summed E-state index contributed by atoms with van der Waals surface area (Å²) in [5.41, 5.74) is 3.95. The lowest BCUT2D eigenvalue weighted by atomic mass is 10.2. The molecule has 0 amide bonds. The van der Waals surface area contributed by atoms with Crippen LogP contribution in [0.15, 0.2) is 12.1 Å². The Labute approximate surface area is 92.4 Å². The first-order chi connectivity index (χ1) is 7.20. The number of carboxylic acids is 1. The first-order valence-electron chi connectivity index (χ1n) is 3.79. The van der Waals surface area contributed by atoms with E-state index in [9.17, 15) is 18.0 Å². The van der Waals surface area contributed by atoms with Crippen LogP contribution in [0.4, 0.5) is 18.9 Å². The molecule has 3 N–H and O–H groups in total. The lowest BCUT2D eigenvalue weighted by molar-refractivity contribution is -0.274. The summed E-state index contributed by atoms with van der Waals surface area (Å²) in [4.78, 5) is 10.7. The van der Waals surface area contributed by atoms with Crippen molar-refractivity contribution < 1.29 is 27.8 Å². The number of benzene rings is 1. The van der Waals surface area contributed by atoms with E-state index in [1.54, 1.807) is 0 Å². The second-order valence-electron chi connectivity index (χ2n) is 2.72. The van der Waals surface area contributed by atoms with E-state index in [1.807, 2.05) is 0 Å². The molecule has 1 aromatic carbocycles. The molecule has 0 aromatic heterocycles. The molecule has 0 heterocycles. The molecule has 0 aliphatic heterocycles. The van der Waals surface area contributed by atoms with Crippen LogP contribution >= 0.6 is 11.6 Å². The van der Waals surface area contributed by atoms with Crippen molar-refractivity contribution in [3.8, 4) is 5.75 Å². The maximum Gasteiger partial charge on any atom is 0.573 e. The van der Waals surface area contributed by atoms with Crippen molar-refractivity contribution in [1.29, 1.82) is 0 Å². The number of halogens is 4. The highest BCUT2D eigenvalue weighted by Gasteiger charge is 2.34. The van der Waals surface area contributed by atoms with Gasteiger partial charge in [0.15, 0.2) is 5.75 Å². The number of rotatable bonds is 2. The van der Waals surface area contributed by atoms with Crippen LogP contribution in [0.1, 0.15) is 10.4 Å². The van der Waals surface area contributed by atoms with Gasteiger partial charge in [-0.2, -0.15) is 0 Å². The smallest absolute Gasteiger partial charge is 0.478 e. The molecule has 0 aliphatic rings. The van der Waals surface area contributed by atoms with E-state index in [0.717, 1.165) is 12.1 Å². The van der Waals surface area contributed by atoms with Crippen molar-refractivity contribution in [2.24, 2.45) is 0 Å². The zero-order chi connectivity index (χ0) is 12.5. The monoisotopic (exact) mass is 255 g/mol. The molecular weight excluding hydrogens is 251 g/mol. The molecule has 4 nitrogen and oxygen atoms in total. The molecule has 0 unspecified atom stereocenters. The van der Waals surface area contributed by atoms with E-state index < -0.39 is 29.3 Å². The highest BCUT2D eigenvalue weighted by Crippen LogP contribution is 2.34. The van der Waals surface area contributed by atoms with Crippen LogP contribution in [0, 0.1) is 0 Å². The second kappa shape index (κ2) is 4.09. The number of nitrogens with two attached hydrogens (primary N) is 1. The van der Waals surface area contributed by atoms with Gasteiger partial charge in [-0.3, -0.25) is 0 Å². The van der Waals surface area contributed by atoms with Gasteiger partial charge in [-0.1, -0.05) is 11.6 Å². The third kappa shape index (κ3) is 2.93. The summed E-state index contributed by atoms with van der Waals surface area (Å²) in [5.74, 6) is -2.59. The summed E-state index contributed by atoms with van der Waals surface area (Å²) >= 11 is 5.46. The normalized spacial score (nSPS) is 11.2. The molecule has 0 fully saturated rings. The van der Waals surface area contributed by atoms with Crippen LogP contribution in [0.3, 0.4) is 0 Å². The molecule has 0 spiro atoms. The molecule has 0 bridgehead atoms. The molecule has 8 heteroatoms. The maximum absolute atomic E-state index is 12.0. The molecule has 0 saturated carbocycles. The van der Waals surface area contributed by atoms with Crippen LogP contribution in [0.5, 0.6) is 5.75 Å². The molecule has 0 saturated heterocycles. The van der Waals surface area contributed by atoms with Gasteiger partial charge in [0, 0.05) is 5.02 Å². The quantitative estimate of drug-likeness (QED) is 0.797. The summed E-state index contributed by atoms with van der Waals surface area (Å²) in [5, 5.41) is 8.56. The van der Waals surface area contributed by atoms with Crippen molar-refractivity contribution in [3.05, 3.63) is 22.7 Å². The minimum atomic E-state index is -5.02. The van der Waals surface area contributed by atoms with Crippen LogP contribution in [-0.2, 0) is 0 Å². The molecular formula is C8H5ClF3NO3. The predicted octanol–water partition coefficient (Wildman–Crippen LogP) is 2.52. The summed E-state index contributed by atoms with van der Waals surface area (Å²) < 4.78 is 39.4. The number of hydrogen-bond donors (Lipinski definition) is 2. The van der Waals surface area contributed by atoms with Crippen molar-refractivity contribution >= 4 is 23.3 Å². The number of carboxylic acid groups (broad SMARTS) is 1. The molecule has 0 atom stereocenters. The number of hydrogen-bond acceptors (Lipinski definition) is 3. The lowest BCUT2D eigenvalue weighted by Crippen LogP contribution is -2.20. The first-order valence-corrected chi connectivity index (χ1v) is 4.16. The summed E-state index contributed by atoms with van der Waals surface area (Å²) in [6, 6.07) is 1.79. The standard InChI is InChI=1S/C8H5ClF3NO3/c9-3-1-4(7(14)15)6(5(13)2-3)16-8(10,11)12/h1-2H,13H2,(H,14,15). The SMILES string of the molecule is Nc1cc(Cl)cc(C(=O)O)c1OC(F)(F)F. The second-order valence-corrected chi connectivity index (χ2v) is 3.16. The van der Waals surface area contributed by atoms with Crippen LogP contribution in [0.2, 0.25) is 5.02 Å². The van der Waals surface area contributed by atoms with Crippen molar-refractivity contribution in [2.75, 3.05) is 5.73 Å². The Morgan fingerprint density at radius 2 is 2.00 bits per heavy atom. The topological polar surface area (TPSA) is 72.6 Å². The van der Waals surface area contributed by atoms with E-state index in [2.05, 4.69) is 4.74 Å². The minimum absolute atomic E-state index is 0.0931. The zero-order valence-corrected chi connectivity index (χ0v) is 8.26. The van der Waals surface area contributed by atoms with Crippen LogP contribution in [-0.4, -0.2) is 17.4 Å². The Kier molecular flexibility index (Phi) is 3.18. The van der Waals surface area contributed by atoms with E-state index in [0.29, 0.717) is 0 Å². The fourth-order valence-electron chi connectivity index (χ4n) is 1.00. The van der Waals surface area contributed by atoms with E-state index >= 15 is 0 Å². The Morgan fingerprint density at radius 3 is 2.44 bits per heavy atom. The van der Waals surface area contributed by atoms with Gasteiger partial charge < -0.3 is 15.6 Å². The molecule has 0 aliphatic carbocycles. The van der Waals surface area contributed by atoms with E-state index in [-0.39, 0.29) is 5.02 Å². The summed E-state index contributed by atoms with van der Waals surface area (Å²) in [7, 11) is 0. The highest BCUT2D eigenvalue weighted by atomic mass is 35.5. The number of anilines is 1. The van der Waals surface area contributed by atoms with Crippen molar-refractivity contribution in [1.82, 2.24) is 0 Å². The lowest BCUT2D eigenvalue weighted by Gasteiger charge is -2.13. The van der Waals surface area contributed by atoms with Gasteiger partial charge in [0.2, 0.25) is 0 Å². The third-order valence-corrected chi connectivity index (χ3v) is 1.75. The number of carbonyl (C=O) groups is 1. The summed E-state index contributed by atoms with van der Waals surface area (Å²) in [6.45, 7) is 0. The molecule has 88 valence electrons. The van der Waals surface area contributed by atoms with Crippen LogP contribution < -0.4 is 10.5 Å².